The number of rotatable bonds is 5. The van der Waals surface area contributed by atoms with Gasteiger partial charge in [-0.3, -0.25) is 0 Å². The molecule has 0 aromatic rings. The molecule has 0 aliphatic heterocycles. The monoisotopic (exact) mass is 192 g/mol. The maximum atomic E-state index is 2.30. The second-order valence-corrected chi connectivity index (χ2v) is 4.20. The minimum Gasteiger partial charge on any atom is -0.0856 e. The molecule has 0 radical (unpaired) electrons. The molecule has 0 amide bonds. The first-order chi connectivity index (χ1) is 6.56. The zero-order chi connectivity index (χ0) is 11.0. The first-order valence-corrected chi connectivity index (χ1v) is 5.52. The molecule has 0 aromatic heterocycles. The largest absolute Gasteiger partial charge is 0.0856 e. The molecule has 0 spiro atoms. The van der Waals surface area contributed by atoms with E-state index in [0.29, 0.717) is 0 Å². The van der Waals surface area contributed by atoms with Crippen molar-refractivity contribution < 1.29 is 0 Å². The Morgan fingerprint density at radius 2 is 1.50 bits per heavy atom. The second-order valence-electron chi connectivity index (χ2n) is 4.20. The number of allylic oxidation sites excluding steroid dienone is 6. The Hall–Kier alpha value is -0.780. The van der Waals surface area contributed by atoms with Gasteiger partial charge in [0.25, 0.3) is 0 Å². The minimum atomic E-state index is 1.15. The van der Waals surface area contributed by atoms with Crippen LogP contribution in [-0.4, -0.2) is 0 Å². The molecule has 0 nitrogen and oxygen atoms in total. The van der Waals surface area contributed by atoms with Gasteiger partial charge in [-0.15, -0.1) is 0 Å². The first-order valence-electron chi connectivity index (χ1n) is 5.52. The molecule has 0 heteroatoms. The van der Waals surface area contributed by atoms with Crippen LogP contribution in [0.5, 0.6) is 0 Å². The lowest BCUT2D eigenvalue weighted by Crippen LogP contribution is -1.77. The summed E-state index contributed by atoms with van der Waals surface area (Å²) >= 11 is 0. The van der Waals surface area contributed by atoms with Crippen LogP contribution in [0, 0.1) is 0 Å². The summed E-state index contributed by atoms with van der Waals surface area (Å²) in [5.41, 5.74) is 4.33. The highest BCUT2D eigenvalue weighted by atomic mass is 13.9. The molecule has 0 N–H and O–H groups in total. The van der Waals surface area contributed by atoms with E-state index in [4.69, 9.17) is 0 Å². The van der Waals surface area contributed by atoms with Gasteiger partial charge in [-0.1, -0.05) is 41.9 Å². The van der Waals surface area contributed by atoms with E-state index in [1.54, 1.807) is 0 Å². The van der Waals surface area contributed by atoms with E-state index < -0.39 is 0 Å². The molecule has 80 valence electrons. The first kappa shape index (κ1) is 13.2. The molecular weight excluding hydrogens is 168 g/mol. The van der Waals surface area contributed by atoms with E-state index in [1.807, 2.05) is 0 Å². The van der Waals surface area contributed by atoms with Gasteiger partial charge in [0, 0.05) is 0 Å². The summed E-state index contributed by atoms with van der Waals surface area (Å²) in [6.45, 7) is 10.9. The van der Waals surface area contributed by atoms with Crippen molar-refractivity contribution in [2.45, 2.75) is 53.9 Å². The van der Waals surface area contributed by atoms with Gasteiger partial charge in [0.2, 0.25) is 0 Å². The normalized spacial score (nSPS) is 12.9. The standard InChI is InChI=1S/C14H24/c1-6-13(4)10-11-14(5)9-7-8-12(2)3/h8,10-11H,6-7,9H2,1-5H3/b13-10+,14-11+. The zero-order valence-electron chi connectivity index (χ0n) is 10.4. The van der Waals surface area contributed by atoms with Crippen LogP contribution in [0.3, 0.4) is 0 Å². The van der Waals surface area contributed by atoms with E-state index in [1.165, 1.54) is 29.6 Å². The van der Waals surface area contributed by atoms with Crippen LogP contribution in [0.2, 0.25) is 0 Å². The molecule has 0 aliphatic rings. The summed E-state index contributed by atoms with van der Waals surface area (Å²) in [6, 6.07) is 0. The van der Waals surface area contributed by atoms with Gasteiger partial charge < -0.3 is 0 Å². The molecule has 0 rings (SSSR count). The molecule has 0 unspecified atom stereocenters. The van der Waals surface area contributed by atoms with Crippen LogP contribution < -0.4 is 0 Å². The molecule has 0 saturated carbocycles. The van der Waals surface area contributed by atoms with Crippen molar-refractivity contribution in [3.05, 3.63) is 34.9 Å². The van der Waals surface area contributed by atoms with Crippen molar-refractivity contribution in [2.75, 3.05) is 0 Å². The van der Waals surface area contributed by atoms with Gasteiger partial charge >= 0.3 is 0 Å². The fraction of sp³-hybridized carbons (Fsp3) is 0.571. The molecule has 0 aromatic carbocycles. The van der Waals surface area contributed by atoms with Crippen LogP contribution in [0.4, 0.5) is 0 Å². The Labute approximate surface area is 89.4 Å². The van der Waals surface area contributed by atoms with Gasteiger partial charge in [-0.2, -0.15) is 0 Å². The Morgan fingerprint density at radius 3 is 2.00 bits per heavy atom. The van der Waals surface area contributed by atoms with E-state index in [-0.39, 0.29) is 0 Å². The summed E-state index contributed by atoms with van der Waals surface area (Å²) in [5.74, 6) is 0. The summed E-state index contributed by atoms with van der Waals surface area (Å²) in [5, 5.41) is 0. The quantitative estimate of drug-likeness (QED) is 0.423. The van der Waals surface area contributed by atoms with Crippen LogP contribution in [0.25, 0.3) is 0 Å². The van der Waals surface area contributed by atoms with Crippen LogP contribution in [-0.2, 0) is 0 Å². The van der Waals surface area contributed by atoms with Crippen LogP contribution >= 0.6 is 0 Å². The topological polar surface area (TPSA) is 0 Å². The van der Waals surface area contributed by atoms with E-state index in [0.717, 1.165) is 6.42 Å². The predicted molar refractivity (Wildman–Crippen MR) is 66.5 cm³/mol. The summed E-state index contributed by atoms with van der Waals surface area (Å²) in [7, 11) is 0. The molecule has 0 atom stereocenters. The SMILES string of the molecule is CC/C(C)=C/C=C(\C)CCC=C(C)C. The lowest BCUT2D eigenvalue weighted by Gasteiger charge is -1.97. The van der Waals surface area contributed by atoms with Crippen molar-refractivity contribution in [1.29, 1.82) is 0 Å². The summed E-state index contributed by atoms with van der Waals surface area (Å²) in [4.78, 5) is 0. The highest BCUT2D eigenvalue weighted by Gasteiger charge is 1.87. The average Bonchev–Trinajstić information content (AvgIpc) is 2.13. The van der Waals surface area contributed by atoms with Gasteiger partial charge in [-0.05, 0) is 47.0 Å². The minimum absolute atomic E-state index is 1.15. The molecule has 0 fully saturated rings. The maximum Gasteiger partial charge on any atom is -0.0285 e. The van der Waals surface area contributed by atoms with Gasteiger partial charge in [0.15, 0.2) is 0 Å². The highest BCUT2D eigenvalue weighted by Crippen LogP contribution is 2.08. The van der Waals surface area contributed by atoms with Crippen LogP contribution in [0.1, 0.15) is 53.9 Å². The highest BCUT2D eigenvalue weighted by molar-refractivity contribution is 5.15. The number of hydrogen-bond donors (Lipinski definition) is 0. The third kappa shape index (κ3) is 7.85. The van der Waals surface area contributed by atoms with E-state index in [2.05, 4.69) is 52.8 Å². The molecule has 0 saturated heterocycles. The molecule has 14 heavy (non-hydrogen) atoms. The fourth-order valence-electron chi connectivity index (χ4n) is 1.07. The van der Waals surface area contributed by atoms with E-state index in [9.17, 15) is 0 Å². The molecular formula is C14H24. The second kappa shape index (κ2) is 7.61. The smallest absolute Gasteiger partial charge is 0.0285 e. The van der Waals surface area contributed by atoms with E-state index >= 15 is 0 Å². The lowest BCUT2D eigenvalue weighted by molar-refractivity contribution is 0.966. The van der Waals surface area contributed by atoms with Crippen LogP contribution in [0.15, 0.2) is 34.9 Å². The van der Waals surface area contributed by atoms with Crippen molar-refractivity contribution in [3.8, 4) is 0 Å². The lowest BCUT2D eigenvalue weighted by atomic mass is 10.1. The van der Waals surface area contributed by atoms with Crippen molar-refractivity contribution in [3.63, 3.8) is 0 Å². The van der Waals surface area contributed by atoms with Gasteiger partial charge in [-0.25, -0.2) is 0 Å². The van der Waals surface area contributed by atoms with Gasteiger partial charge in [0.05, 0.1) is 0 Å². The summed E-state index contributed by atoms with van der Waals surface area (Å²) in [6.07, 6.45) is 10.3. The van der Waals surface area contributed by atoms with Crippen molar-refractivity contribution in [2.24, 2.45) is 0 Å². The Balaban J connectivity index is 3.96. The molecule has 0 heterocycles. The van der Waals surface area contributed by atoms with Crippen molar-refractivity contribution in [1.82, 2.24) is 0 Å². The van der Waals surface area contributed by atoms with Crippen molar-refractivity contribution >= 4 is 0 Å². The average molecular weight is 192 g/mol. The molecule has 0 bridgehead atoms. The zero-order valence-corrected chi connectivity index (χ0v) is 10.4. The Morgan fingerprint density at radius 1 is 0.929 bits per heavy atom. The number of hydrogen-bond acceptors (Lipinski definition) is 0. The van der Waals surface area contributed by atoms with Gasteiger partial charge in [0.1, 0.15) is 0 Å². The third-order valence-corrected chi connectivity index (χ3v) is 2.30. The summed E-state index contributed by atoms with van der Waals surface area (Å²) < 4.78 is 0. The Kier molecular flexibility index (Phi) is 7.18. The Bertz CT molecular complexity index is 235. The third-order valence-electron chi connectivity index (χ3n) is 2.30. The maximum absolute atomic E-state index is 2.30. The predicted octanol–water partition coefficient (Wildman–Crippen LogP) is 5.04. The molecule has 0 aliphatic carbocycles. The fourth-order valence-corrected chi connectivity index (χ4v) is 1.07.